The third-order valence-corrected chi connectivity index (χ3v) is 7.03. The summed E-state index contributed by atoms with van der Waals surface area (Å²) in [7, 11) is 0. The number of piperazine rings is 1. The maximum Gasteiger partial charge on any atom is 0.222 e. The summed E-state index contributed by atoms with van der Waals surface area (Å²) in [5, 5.41) is 4.79. The SMILES string of the molecule is CCc1cnc(N2CCN(C(=O)CC3CC4CCC(C3)N4)CC2)s1. The molecule has 2 unspecified atom stereocenters. The van der Waals surface area contributed by atoms with Gasteiger partial charge in [-0.1, -0.05) is 6.92 Å². The van der Waals surface area contributed by atoms with Crippen LogP contribution in [-0.2, 0) is 11.2 Å². The largest absolute Gasteiger partial charge is 0.345 e. The van der Waals surface area contributed by atoms with Gasteiger partial charge in [0.1, 0.15) is 0 Å². The number of hydrogen-bond donors (Lipinski definition) is 1. The first-order chi connectivity index (χ1) is 11.7. The van der Waals surface area contributed by atoms with E-state index in [1.54, 1.807) is 11.3 Å². The molecule has 0 aromatic carbocycles. The number of hydrogen-bond acceptors (Lipinski definition) is 5. The predicted octanol–water partition coefficient (Wildman–Crippen LogP) is 2.27. The lowest BCUT2D eigenvalue weighted by molar-refractivity contribution is -0.132. The van der Waals surface area contributed by atoms with Gasteiger partial charge < -0.3 is 15.1 Å². The maximum absolute atomic E-state index is 12.7. The van der Waals surface area contributed by atoms with Crippen LogP contribution in [0.4, 0.5) is 5.13 Å². The third kappa shape index (κ3) is 3.45. The van der Waals surface area contributed by atoms with E-state index in [-0.39, 0.29) is 0 Å². The van der Waals surface area contributed by atoms with Crippen LogP contribution < -0.4 is 10.2 Å². The number of thiazole rings is 1. The number of anilines is 1. The Hall–Kier alpha value is -1.14. The Balaban J connectivity index is 1.27. The van der Waals surface area contributed by atoms with E-state index in [0.29, 0.717) is 23.9 Å². The van der Waals surface area contributed by atoms with Crippen molar-refractivity contribution in [2.75, 3.05) is 31.1 Å². The first-order valence-corrected chi connectivity index (χ1v) is 10.3. The Labute approximate surface area is 148 Å². The van der Waals surface area contributed by atoms with E-state index in [1.807, 2.05) is 6.20 Å². The van der Waals surface area contributed by atoms with Gasteiger partial charge >= 0.3 is 0 Å². The van der Waals surface area contributed by atoms with Crippen molar-refractivity contribution < 1.29 is 4.79 Å². The number of aromatic nitrogens is 1. The zero-order chi connectivity index (χ0) is 16.5. The highest BCUT2D eigenvalue weighted by molar-refractivity contribution is 7.15. The summed E-state index contributed by atoms with van der Waals surface area (Å²) in [6, 6.07) is 1.35. The monoisotopic (exact) mass is 348 g/mol. The smallest absolute Gasteiger partial charge is 0.222 e. The second kappa shape index (κ2) is 7.00. The van der Waals surface area contributed by atoms with Gasteiger partial charge in [-0.2, -0.15) is 0 Å². The van der Waals surface area contributed by atoms with Crippen molar-refractivity contribution in [3.8, 4) is 0 Å². The molecule has 24 heavy (non-hydrogen) atoms. The summed E-state index contributed by atoms with van der Waals surface area (Å²) in [5.74, 6) is 0.967. The lowest BCUT2D eigenvalue weighted by atomic mass is 9.89. The van der Waals surface area contributed by atoms with Crippen LogP contribution in [0.5, 0.6) is 0 Å². The Morgan fingerprint density at radius 2 is 1.96 bits per heavy atom. The standard InChI is InChI=1S/C18H28N4OS/c1-2-16-12-19-18(24-16)22-7-5-21(6-8-22)17(23)11-13-9-14-3-4-15(10-13)20-14/h12-15,20H,2-11H2,1H3. The zero-order valence-corrected chi connectivity index (χ0v) is 15.4. The Morgan fingerprint density at radius 3 is 2.58 bits per heavy atom. The fraction of sp³-hybridized carbons (Fsp3) is 0.778. The Kier molecular flexibility index (Phi) is 4.77. The van der Waals surface area contributed by atoms with Crippen LogP contribution in [-0.4, -0.2) is 54.1 Å². The molecule has 0 spiro atoms. The summed E-state index contributed by atoms with van der Waals surface area (Å²) in [6.45, 7) is 5.69. The fourth-order valence-corrected chi connectivity index (χ4v) is 5.37. The van der Waals surface area contributed by atoms with Crippen molar-refractivity contribution in [3.63, 3.8) is 0 Å². The minimum Gasteiger partial charge on any atom is -0.345 e. The number of nitrogens with one attached hydrogen (secondary N) is 1. The molecule has 5 nitrogen and oxygen atoms in total. The van der Waals surface area contributed by atoms with Crippen LogP contribution >= 0.6 is 11.3 Å². The number of carbonyl (C=O) groups excluding carboxylic acids is 1. The van der Waals surface area contributed by atoms with Crippen LogP contribution in [0.15, 0.2) is 6.20 Å². The molecule has 3 saturated heterocycles. The van der Waals surface area contributed by atoms with E-state index >= 15 is 0 Å². The maximum atomic E-state index is 12.7. The molecule has 1 N–H and O–H groups in total. The Morgan fingerprint density at radius 1 is 1.25 bits per heavy atom. The number of rotatable bonds is 4. The van der Waals surface area contributed by atoms with Crippen molar-refractivity contribution in [1.29, 1.82) is 0 Å². The summed E-state index contributed by atoms with van der Waals surface area (Å²) < 4.78 is 0. The van der Waals surface area contributed by atoms with Gasteiger partial charge in [0, 0.05) is 55.8 Å². The van der Waals surface area contributed by atoms with E-state index in [9.17, 15) is 4.79 Å². The third-order valence-electron chi connectivity index (χ3n) is 5.83. The van der Waals surface area contributed by atoms with Gasteiger partial charge in [0.05, 0.1) is 0 Å². The lowest BCUT2D eigenvalue weighted by Crippen LogP contribution is -2.49. The van der Waals surface area contributed by atoms with Gasteiger partial charge in [-0.3, -0.25) is 4.79 Å². The molecule has 4 heterocycles. The summed E-state index contributed by atoms with van der Waals surface area (Å²) in [4.78, 5) is 22.9. The lowest BCUT2D eigenvalue weighted by Gasteiger charge is -2.36. The van der Waals surface area contributed by atoms with Crippen molar-refractivity contribution in [2.24, 2.45) is 5.92 Å². The van der Waals surface area contributed by atoms with Crippen molar-refractivity contribution in [1.82, 2.24) is 15.2 Å². The van der Waals surface area contributed by atoms with E-state index in [4.69, 9.17) is 0 Å². The first-order valence-electron chi connectivity index (χ1n) is 9.44. The van der Waals surface area contributed by atoms with Crippen molar-refractivity contribution >= 4 is 22.4 Å². The zero-order valence-electron chi connectivity index (χ0n) is 14.5. The molecule has 0 radical (unpaired) electrons. The highest BCUT2D eigenvalue weighted by Crippen LogP contribution is 2.33. The molecule has 2 bridgehead atoms. The summed E-state index contributed by atoms with van der Waals surface area (Å²) in [5.41, 5.74) is 0. The van der Waals surface area contributed by atoms with E-state index in [0.717, 1.165) is 44.2 Å². The number of amides is 1. The first kappa shape index (κ1) is 16.3. The van der Waals surface area contributed by atoms with E-state index in [1.165, 1.54) is 30.6 Å². The number of aryl methyl sites for hydroxylation is 1. The predicted molar refractivity (Wildman–Crippen MR) is 97.6 cm³/mol. The van der Waals surface area contributed by atoms with E-state index < -0.39 is 0 Å². The van der Waals surface area contributed by atoms with Gasteiger partial charge in [-0.15, -0.1) is 11.3 Å². The number of carbonyl (C=O) groups is 1. The number of fused-ring (bicyclic) bond motifs is 2. The molecule has 1 amide bonds. The van der Waals surface area contributed by atoms with Crippen molar-refractivity contribution in [2.45, 2.75) is 57.5 Å². The van der Waals surface area contributed by atoms with Crippen LogP contribution in [0.1, 0.15) is 43.9 Å². The molecule has 132 valence electrons. The molecule has 3 fully saturated rings. The highest BCUT2D eigenvalue weighted by Gasteiger charge is 2.35. The minimum atomic E-state index is 0.370. The van der Waals surface area contributed by atoms with Crippen molar-refractivity contribution in [3.05, 3.63) is 11.1 Å². The highest BCUT2D eigenvalue weighted by atomic mass is 32.1. The van der Waals surface area contributed by atoms with Gasteiger partial charge in [0.25, 0.3) is 0 Å². The quantitative estimate of drug-likeness (QED) is 0.907. The summed E-state index contributed by atoms with van der Waals surface area (Å²) in [6.07, 6.45) is 8.80. The molecule has 0 saturated carbocycles. The average Bonchev–Trinajstić information content (AvgIpc) is 3.21. The van der Waals surface area contributed by atoms with Crippen LogP contribution in [0.25, 0.3) is 0 Å². The van der Waals surface area contributed by atoms with Gasteiger partial charge in [-0.25, -0.2) is 4.98 Å². The molecular formula is C18H28N4OS. The minimum absolute atomic E-state index is 0.370. The number of nitrogens with zero attached hydrogens (tertiary/aromatic N) is 3. The molecule has 0 aliphatic carbocycles. The molecule has 3 aliphatic heterocycles. The van der Waals surface area contributed by atoms with Gasteiger partial charge in [0.2, 0.25) is 5.91 Å². The normalized spacial score (nSPS) is 30.0. The molecule has 3 aliphatic rings. The Bertz CT molecular complexity index is 569. The fourth-order valence-electron chi connectivity index (χ4n) is 4.47. The molecule has 6 heteroatoms. The van der Waals surface area contributed by atoms with Gasteiger partial charge in [0.15, 0.2) is 5.13 Å². The average molecular weight is 349 g/mol. The second-order valence-corrected chi connectivity index (χ2v) is 8.60. The van der Waals surface area contributed by atoms with E-state index in [2.05, 4.69) is 27.0 Å². The molecule has 4 rings (SSSR count). The molecule has 1 aromatic rings. The molecule has 1 aromatic heterocycles. The molecular weight excluding hydrogens is 320 g/mol. The van der Waals surface area contributed by atoms with Gasteiger partial charge in [-0.05, 0) is 38.0 Å². The van der Waals surface area contributed by atoms with Crippen LogP contribution in [0, 0.1) is 5.92 Å². The van der Waals surface area contributed by atoms with Crippen LogP contribution in [0.2, 0.25) is 0 Å². The topological polar surface area (TPSA) is 48.5 Å². The summed E-state index contributed by atoms with van der Waals surface area (Å²) >= 11 is 1.79. The van der Waals surface area contributed by atoms with Crippen LogP contribution in [0.3, 0.4) is 0 Å². The number of piperidine rings is 1. The second-order valence-electron chi connectivity index (χ2n) is 7.51. The molecule has 2 atom stereocenters.